The van der Waals surface area contributed by atoms with E-state index in [9.17, 15) is 9.59 Å². The molecular formula is C24H18N2O6S. The molecule has 0 unspecified atom stereocenters. The molecule has 0 radical (unpaired) electrons. The minimum atomic E-state index is -0.460. The maximum absolute atomic E-state index is 13.0. The van der Waals surface area contributed by atoms with Crippen molar-refractivity contribution in [2.45, 2.75) is 6.54 Å². The first kappa shape index (κ1) is 20.8. The molecule has 0 saturated heterocycles. The van der Waals surface area contributed by atoms with Crippen LogP contribution in [0.3, 0.4) is 0 Å². The average molecular weight is 462 g/mol. The van der Waals surface area contributed by atoms with Crippen LogP contribution in [-0.4, -0.2) is 30.3 Å². The summed E-state index contributed by atoms with van der Waals surface area (Å²) in [5.74, 6) is 1.45. The second kappa shape index (κ2) is 8.79. The molecule has 3 aromatic carbocycles. The normalized spacial score (nSPS) is 12.7. The summed E-state index contributed by atoms with van der Waals surface area (Å²) in [5, 5.41) is 0. The number of thiazole rings is 1. The molecule has 1 aliphatic heterocycles. The first-order chi connectivity index (χ1) is 16.1. The first-order valence-corrected chi connectivity index (χ1v) is 10.8. The third kappa shape index (κ3) is 4.31. The zero-order valence-electron chi connectivity index (χ0n) is 17.5. The number of para-hydroxylation sites is 1. The average Bonchev–Trinajstić information content (AvgIpc) is 3.42. The minimum Gasteiger partial charge on any atom is -0.468 e. The summed E-state index contributed by atoms with van der Waals surface area (Å²) in [4.78, 5) is 29.7. The van der Waals surface area contributed by atoms with Crippen molar-refractivity contribution in [2.24, 2.45) is 4.99 Å². The Hall–Kier alpha value is -4.11. The maximum Gasteiger partial charge on any atom is 0.325 e. The number of carbonyl (C=O) groups is 2. The monoisotopic (exact) mass is 462 g/mol. The molecule has 166 valence electrons. The quantitative estimate of drug-likeness (QED) is 0.414. The molecule has 2 heterocycles. The van der Waals surface area contributed by atoms with Crippen molar-refractivity contribution in [1.82, 2.24) is 4.57 Å². The minimum absolute atomic E-state index is 0.0978. The Morgan fingerprint density at radius 1 is 1.00 bits per heavy atom. The van der Waals surface area contributed by atoms with E-state index >= 15 is 0 Å². The molecule has 9 heteroatoms. The van der Waals surface area contributed by atoms with Crippen LogP contribution in [0.1, 0.15) is 10.4 Å². The van der Waals surface area contributed by atoms with Crippen LogP contribution in [0.2, 0.25) is 0 Å². The molecule has 0 aliphatic carbocycles. The fraction of sp³-hybridized carbons (Fsp3) is 0.125. The van der Waals surface area contributed by atoms with E-state index in [0.29, 0.717) is 38.9 Å². The van der Waals surface area contributed by atoms with Gasteiger partial charge in [0.1, 0.15) is 18.0 Å². The first-order valence-electron chi connectivity index (χ1n) is 10.0. The highest BCUT2D eigenvalue weighted by molar-refractivity contribution is 7.16. The highest BCUT2D eigenvalue weighted by atomic mass is 32.1. The van der Waals surface area contributed by atoms with E-state index < -0.39 is 11.9 Å². The van der Waals surface area contributed by atoms with Gasteiger partial charge in [-0.1, -0.05) is 35.6 Å². The topological polar surface area (TPSA) is 88.4 Å². The molecule has 0 atom stereocenters. The van der Waals surface area contributed by atoms with Crippen molar-refractivity contribution in [3.8, 4) is 23.0 Å². The molecule has 5 rings (SSSR count). The number of amides is 1. The van der Waals surface area contributed by atoms with Gasteiger partial charge in [0.15, 0.2) is 16.3 Å². The van der Waals surface area contributed by atoms with Gasteiger partial charge in [0.2, 0.25) is 6.79 Å². The van der Waals surface area contributed by atoms with Crippen molar-refractivity contribution < 1.29 is 28.5 Å². The molecule has 8 nitrogen and oxygen atoms in total. The number of rotatable bonds is 5. The van der Waals surface area contributed by atoms with Gasteiger partial charge < -0.3 is 23.5 Å². The fourth-order valence-corrected chi connectivity index (χ4v) is 4.40. The standard InChI is InChI=1S/C24H18N2O6S/c1-29-22(27)13-26-18-11-19-20(31-14-30-19)12-21(18)33-24(26)25-23(28)15-6-5-9-17(10-15)32-16-7-3-2-4-8-16/h2-12H,13-14H2,1H3. The van der Waals surface area contributed by atoms with Gasteiger partial charge in [0.05, 0.1) is 17.3 Å². The molecule has 0 fully saturated rings. The van der Waals surface area contributed by atoms with E-state index in [2.05, 4.69) is 4.99 Å². The largest absolute Gasteiger partial charge is 0.468 e. The Kier molecular flexibility index (Phi) is 5.54. The van der Waals surface area contributed by atoms with Gasteiger partial charge in [-0.15, -0.1) is 0 Å². The van der Waals surface area contributed by atoms with Crippen molar-refractivity contribution in [1.29, 1.82) is 0 Å². The lowest BCUT2D eigenvalue weighted by molar-refractivity contribution is -0.141. The second-order valence-corrected chi connectivity index (χ2v) is 8.09. The van der Waals surface area contributed by atoms with Crippen LogP contribution in [0.5, 0.6) is 23.0 Å². The Labute approximate surface area is 192 Å². The summed E-state index contributed by atoms with van der Waals surface area (Å²) in [6, 6.07) is 19.7. The molecular weight excluding hydrogens is 444 g/mol. The number of nitrogens with zero attached hydrogens (tertiary/aromatic N) is 2. The van der Waals surface area contributed by atoms with E-state index in [4.69, 9.17) is 18.9 Å². The summed E-state index contributed by atoms with van der Waals surface area (Å²) in [6.45, 7) is 0.0418. The van der Waals surface area contributed by atoms with Crippen molar-refractivity contribution in [3.63, 3.8) is 0 Å². The Bertz CT molecular complexity index is 1420. The third-order valence-electron chi connectivity index (χ3n) is 4.95. The van der Waals surface area contributed by atoms with Crippen molar-refractivity contribution in [3.05, 3.63) is 77.1 Å². The third-order valence-corrected chi connectivity index (χ3v) is 5.99. The number of aromatic nitrogens is 1. The van der Waals surface area contributed by atoms with Gasteiger partial charge in [0, 0.05) is 17.7 Å². The highest BCUT2D eigenvalue weighted by Crippen LogP contribution is 2.37. The lowest BCUT2D eigenvalue weighted by Gasteiger charge is -2.06. The van der Waals surface area contributed by atoms with Gasteiger partial charge in [0.25, 0.3) is 5.91 Å². The summed E-state index contributed by atoms with van der Waals surface area (Å²) in [5.41, 5.74) is 1.06. The molecule has 1 aromatic heterocycles. The Morgan fingerprint density at radius 3 is 2.55 bits per heavy atom. The lowest BCUT2D eigenvalue weighted by atomic mass is 10.2. The van der Waals surface area contributed by atoms with Crippen molar-refractivity contribution >= 4 is 33.4 Å². The molecule has 33 heavy (non-hydrogen) atoms. The summed E-state index contributed by atoms with van der Waals surface area (Å²) >= 11 is 1.27. The van der Waals surface area contributed by atoms with Crippen LogP contribution in [0.15, 0.2) is 71.7 Å². The molecule has 0 bridgehead atoms. The number of carbonyl (C=O) groups excluding carboxylic acids is 2. The molecule has 4 aromatic rings. The van der Waals surface area contributed by atoms with E-state index in [-0.39, 0.29) is 13.3 Å². The number of esters is 1. The fourth-order valence-electron chi connectivity index (χ4n) is 3.36. The van der Waals surface area contributed by atoms with E-state index in [1.54, 1.807) is 34.9 Å². The summed E-state index contributed by atoms with van der Waals surface area (Å²) in [6.07, 6.45) is 0. The Balaban J connectivity index is 1.53. The smallest absolute Gasteiger partial charge is 0.325 e. The van der Waals surface area contributed by atoms with Crippen LogP contribution in [0.25, 0.3) is 10.2 Å². The van der Waals surface area contributed by atoms with Crippen LogP contribution >= 0.6 is 11.3 Å². The Morgan fingerprint density at radius 2 is 1.76 bits per heavy atom. The molecule has 0 N–H and O–H groups in total. The van der Waals surface area contributed by atoms with Crippen LogP contribution in [0, 0.1) is 0 Å². The lowest BCUT2D eigenvalue weighted by Crippen LogP contribution is -2.22. The predicted molar refractivity (Wildman–Crippen MR) is 121 cm³/mol. The van der Waals surface area contributed by atoms with Gasteiger partial charge in [-0.3, -0.25) is 9.59 Å². The van der Waals surface area contributed by atoms with E-state index in [0.717, 1.165) is 4.70 Å². The van der Waals surface area contributed by atoms with Crippen LogP contribution in [0.4, 0.5) is 0 Å². The van der Waals surface area contributed by atoms with E-state index in [1.165, 1.54) is 18.4 Å². The highest BCUT2D eigenvalue weighted by Gasteiger charge is 2.19. The number of hydrogen-bond acceptors (Lipinski definition) is 7. The van der Waals surface area contributed by atoms with Gasteiger partial charge >= 0.3 is 5.97 Å². The second-order valence-electron chi connectivity index (χ2n) is 7.08. The van der Waals surface area contributed by atoms with Gasteiger partial charge in [-0.2, -0.15) is 4.99 Å². The molecule has 1 amide bonds. The predicted octanol–water partition coefficient (Wildman–Crippen LogP) is 4.14. The SMILES string of the molecule is COC(=O)Cn1c(=NC(=O)c2cccc(Oc3ccccc3)c2)sc2cc3c(cc21)OCO3. The number of benzene rings is 3. The van der Waals surface area contributed by atoms with E-state index in [1.807, 2.05) is 36.4 Å². The van der Waals surface area contributed by atoms with Crippen molar-refractivity contribution in [2.75, 3.05) is 13.9 Å². The zero-order chi connectivity index (χ0) is 22.8. The number of ether oxygens (including phenoxy) is 4. The zero-order valence-corrected chi connectivity index (χ0v) is 18.3. The van der Waals surface area contributed by atoms with Gasteiger partial charge in [-0.05, 0) is 30.3 Å². The number of methoxy groups -OCH3 is 1. The van der Waals surface area contributed by atoms with Gasteiger partial charge in [-0.25, -0.2) is 0 Å². The van der Waals surface area contributed by atoms with Crippen LogP contribution in [-0.2, 0) is 16.1 Å². The molecule has 1 aliphatic rings. The maximum atomic E-state index is 13.0. The van der Waals surface area contributed by atoms with Crippen LogP contribution < -0.4 is 19.0 Å². The summed E-state index contributed by atoms with van der Waals surface area (Å²) in [7, 11) is 1.31. The number of fused-ring (bicyclic) bond motifs is 2. The molecule has 0 spiro atoms. The summed E-state index contributed by atoms with van der Waals surface area (Å²) < 4.78 is 24.0. The molecule has 0 saturated carbocycles. The number of hydrogen-bond donors (Lipinski definition) is 0.